The third-order valence-corrected chi connectivity index (χ3v) is 5.62. The predicted octanol–water partition coefficient (Wildman–Crippen LogP) is 3.59. The predicted molar refractivity (Wildman–Crippen MR) is 112 cm³/mol. The van der Waals surface area contributed by atoms with Gasteiger partial charge in [0.25, 0.3) is 6.43 Å². The van der Waals surface area contributed by atoms with E-state index in [2.05, 4.69) is 30.6 Å². The summed E-state index contributed by atoms with van der Waals surface area (Å²) in [6.07, 6.45) is 2.88. The maximum Gasteiger partial charge on any atom is 0.326 e. The summed E-state index contributed by atoms with van der Waals surface area (Å²) in [6, 6.07) is 2.27. The van der Waals surface area contributed by atoms with E-state index in [9.17, 15) is 13.6 Å². The van der Waals surface area contributed by atoms with Crippen LogP contribution in [0, 0.1) is 0 Å². The van der Waals surface area contributed by atoms with Crippen LogP contribution in [0.5, 0.6) is 0 Å². The highest BCUT2D eigenvalue weighted by Gasteiger charge is 2.50. The molecule has 32 heavy (non-hydrogen) atoms. The number of urea groups is 1. The highest BCUT2D eigenvalue weighted by molar-refractivity contribution is 6.32. The van der Waals surface area contributed by atoms with E-state index in [1.54, 1.807) is 0 Å². The molecule has 5 rings (SSSR count). The Bertz CT molecular complexity index is 1340. The lowest BCUT2D eigenvalue weighted by Gasteiger charge is -2.24. The Labute approximate surface area is 188 Å². The van der Waals surface area contributed by atoms with Gasteiger partial charge in [-0.25, -0.2) is 28.1 Å². The fraction of sp³-hybridized carbons (Fsp3) is 0.222. The zero-order valence-electron chi connectivity index (χ0n) is 16.2. The molecule has 0 saturated carbocycles. The van der Waals surface area contributed by atoms with Crippen LogP contribution in [0.4, 0.5) is 25.0 Å². The quantitative estimate of drug-likeness (QED) is 0.481. The summed E-state index contributed by atoms with van der Waals surface area (Å²) in [5.74, 6) is 0.272. The molecular formula is C18H13Cl2F2N9O. The van der Waals surface area contributed by atoms with E-state index >= 15 is 0 Å². The second-order valence-electron chi connectivity index (χ2n) is 7.31. The Kier molecular flexibility index (Phi) is 4.71. The monoisotopic (exact) mass is 479 g/mol. The van der Waals surface area contributed by atoms with Crippen LogP contribution in [-0.2, 0) is 5.41 Å². The Hall–Kier alpha value is -3.38. The molecule has 0 aliphatic carbocycles. The first kappa shape index (κ1) is 20.5. The van der Waals surface area contributed by atoms with E-state index in [1.165, 1.54) is 58.1 Å². The van der Waals surface area contributed by atoms with E-state index in [-0.39, 0.29) is 39.6 Å². The van der Waals surface area contributed by atoms with Crippen molar-refractivity contribution in [1.82, 2.24) is 34.6 Å². The molecule has 164 valence electrons. The van der Waals surface area contributed by atoms with Crippen molar-refractivity contribution in [2.45, 2.75) is 18.8 Å². The first-order valence-electron chi connectivity index (χ1n) is 9.21. The molecular weight excluding hydrogens is 467 g/mol. The Morgan fingerprint density at radius 3 is 2.62 bits per heavy atom. The van der Waals surface area contributed by atoms with Gasteiger partial charge in [0.05, 0.1) is 52.3 Å². The van der Waals surface area contributed by atoms with Crippen molar-refractivity contribution in [3.05, 3.63) is 52.8 Å². The molecule has 14 heteroatoms. The number of pyridine rings is 1. The summed E-state index contributed by atoms with van der Waals surface area (Å²) < 4.78 is 29.5. The van der Waals surface area contributed by atoms with E-state index in [0.717, 1.165) is 0 Å². The molecule has 1 atom stereocenters. The number of nitrogens with zero attached hydrogens (tertiary/aromatic N) is 8. The molecule has 2 amide bonds. The first-order valence-corrected chi connectivity index (χ1v) is 9.97. The fourth-order valence-electron chi connectivity index (χ4n) is 3.63. The van der Waals surface area contributed by atoms with Crippen LogP contribution in [0.1, 0.15) is 12.6 Å². The average Bonchev–Trinajstić information content (AvgIpc) is 3.45. The second kappa shape index (κ2) is 7.35. The minimum absolute atomic E-state index is 0.109. The minimum atomic E-state index is -2.77. The normalized spacial score (nSPS) is 17.9. The highest BCUT2D eigenvalue weighted by atomic mass is 35.5. The van der Waals surface area contributed by atoms with E-state index < -0.39 is 17.9 Å². The van der Waals surface area contributed by atoms with Crippen molar-refractivity contribution in [2.24, 2.45) is 0 Å². The maximum absolute atomic E-state index is 14.1. The lowest BCUT2D eigenvalue weighted by Crippen LogP contribution is -2.41. The number of anilines is 2. The minimum Gasteiger partial charge on any atom is -0.306 e. The number of hydrogen-bond donors (Lipinski definition) is 1. The summed E-state index contributed by atoms with van der Waals surface area (Å²) >= 11 is 12.2. The van der Waals surface area contributed by atoms with Gasteiger partial charge in [0.1, 0.15) is 0 Å². The first-order chi connectivity index (χ1) is 15.3. The topological polar surface area (TPSA) is 106 Å². The van der Waals surface area contributed by atoms with Crippen molar-refractivity contribution in [3.8, 4) is 5.82 Å². The summed E-state index contributed by atoms with van der Waals surface area (Å²) in [4.78, 5) is 23.8. The molecule has 0 radical (unpaired) electrons. The molecule has 4 aromatic rings. The molecule has 10 nitrogen and oxygen atoms in total. The largest absolute Gasteiger partial charge is 0.326 e. The third kappa shape index (κ3) is 3.14. The van der Waals surface area contributed by atoms with Crippen LogP contribution < -0.4 is 10.2 Å². The number of rotatable bonds is 3. The van der Waals surface area contributed by atoms with Crippen LogP contribution >= 0.6 is 23.2 Å². The molecule has 1 aliphatic rings. The summed E-state index contributed by atoms with van der Waals surface area (Å²) in [7, 11) is 0. The highest BCUT2D eigenvalue weighted by Crippen LogP contribution is 2.44. The van der Waals surface area contributed by atoms with Gasteiger partial charge in [-0.2, -0.15) is 15.3 Å². The maximum atomic E-state index is 14.1. The molecule has 1 N–H and O–H groups in total. The van der Waals surface area contributed by atoms with Crippen LogP contribution in [-0.4, -0.2) is 53.6 Å². The molecule has 1 aliphatic heterocycles. The second-order valence-corrected chi connectivity index (χ2v) is 8.11. The number of halogens is 4. The van der Waals surface area contributed by atoms with Gasteiger partial charge in [-0.1, -0.05) is 23.2 Å². The smallest absolute Gasteiger partial charge is 0.306 e. The summed E-state index contributed by atoms with van der Waals surface area (Å²) in [5.41, 5.74) is -0.764. The van der Waals surface area contributed by atoms with E-state index in [0.29, 0.717) is 5.65 Å². The third-order valence-electron chi connectivity index (χ3n) is 5.16. The molecule has 0 fully saturated rings. The van der Waals surface area contributed by atoms with Crippen molar-refractivity contribution in [2.75, 3.05) is 16.8 Å². The Morgan fingerprint density at radius 1 is 1.19 bits per heavy atom. The number of hydrogen-bond acceptors (Lipinski definition) is 6. The zero-order chi connectivity index (χ0) is 22.6. The molecule has 5 heterocycles. The average molecular weight is 480 g/mol. The van der Waals surface area contributed by atoms with Crippen LogP contribution in [0.2, 0.25) is 10.2 Å². The van der Waals surface area contributed by atoms with Gasteiger partial charge in [0.15, 0.2) is 16.6 Å². The summed E-state index contributed by atoms with van der Waals surface area (Å²) in [6.45, 7) is 1.07. The standard InChI is InChI=1S/C18H13Cl2F2N9O/c1-18(16(21)22)8-29(11-7-23-13-5-12(20)28-30(13)14(11)18)17(32)27-9-4-10(19)15(24-6-9)31-25-2-3-26-31/h2-7,16H,8H2,1H3,(H,27,32)/t18-/m1/s1. The van der Waals surface area contributed by atoms with E-state index in [1.807, 2.05) is 0 Å². The number of alkyl halides is 2. The molecule has 4 aromatic heterocycles. The van der Waals surface area contributed by atoms with Crippen molar-refractivity contribution >= 4 is 46.3 Å². The SMILES string of the molecule is C[C@@]1(C(F)F)CN(C(=O)Nc2cnc(-n3nccn3)c(Cl)c2)c2cnc3cc(Cl)nn3c21. The lowest BCUT2D eigenvalue weighted by molar-refractivity contribution is 0.0651. The molecule has 0 spiro atoms. The Morgan fingerprint density at radius 2 is 1.94 bits per heavy atom. The van der Waals surface area contributed by atoms with Gasteiger partial charge in [-0.15, -0.1) is 4.80 Å². The molecule has 0 saturated heterocycles. The zero-order valence-corrected chi connectivity index (χ0v) is 17.8. The van der Waals surface area contributed by atoms with Gasteiger partial charge in [0, 0.05) is 12.6 Å². The number of nitrogens with one attached hydrogen (secondary N) is 1. The lowest BCUT2D eigenvalue weighted by atomic mass is 9.89. The number of fused-ring (bicyclic) bond motifs is 3. The molecule has 0 unspecified atom stereocenters. The van der Waals surface area contributed by atoms with Crippen LogP contribution in [0.25, 0.3) is 11.5 Å². The fourth-order valence-corrected chi connectivity index (χ4v) is 4.05. The number of carbonyl (C=O) groups is 1. The van der Waals surface area contributed by atoms with E-state index in [4.69, 9.17) is 23.2 Å². The van der Waals surface area contributed by atoms with Gasteiger partial charge in [0.2, 0.25) is 0 Å². The molecule has 0 bridgehead atoms. The van der Waals surface area contributed by atoms with Crippen molar-refractivity contribution in [3.63, 3.8) is 0 Å². The molecule has 0 aromatic carbocycles. The van der Waals surface area contributed by atoms with Gasteiger partial charge < -0.3 is 5.32 Å². The van der Waals surface area contributed by atoms with Gasteiger partial charge >= 0.3 is 6.03 Å². The van der Waals surface area contributed by atoms with Crippen molar-refractivity contribution in [1.29, 1.82) is 0 Å². The van der Waals surface area contributed by atoms with Crippen molar-refractivity contribution < 1.29 is 13.6 Å². The number of amides is 2. The van der Waals surface area contributed by atoms with Crippen LogP contribution in [0.15, 0.2) is 36.9 Å². The van der Waals surface area contributed by atoms with Crippen LogP contribution in [0.3, 0.4) is 0 Å². The number of aromatic nitrogens is 7. The van der Waals surface area contributed by atoms with Gasteiger partial charge in [-0.3, -0.25) is 4.90 Å². The summed E-state index contributed by atoms with van der Waals surface area (Å²) in [5, 5.41) is 14.9. The Balaban J connectivity index is 1.49. The van der Waals surface area contributed by atoms with Gasteiger partial charge in [-0.05, 0) is 13.0 Å². The number of carbonyl (C=O) groups excluding carboxylic acids is 1.